The molecule has 0 bridgehead atoms. The molecule has 0 aliphatic heterocycles. The molecular formula is C19H14BrNO2S. The van der Waals surface area contributed by atoms with Crippen molar-refractivity contribution in [1.82, 2.24) is 4.98 Å². The highest BCUT2D eigenvalue weighted by molar-refractivity contribution is 9.10. The summed E-state index contributed by atoms with van der Waals surface area (Å²) in [5, 5.41) is -0.458. The van der Waals surface area contributed by atoms with Crippen molar-refractivity contribution in [3.8, 4) is 5.75 Å². The highest BCUT2D eigenvalue weighted by atomic mass is 79.9. The molecule has 1 unspecified atom stereocenters. The van der Waals surface area contributed by atoms with Crippen LogP contribution in [0.15, 0.2) is 88.5 Å². The van der Waals surface area contributed by atoms with E-state index < -0.39 is 5.25 Å². The molecule has 5 heteroatoms. The van der Waals surface area contributed by atoms with Crippen molar-refractivity contribution in [2.24, 2.45) is 0 Å². The molecule has 120 valence electrons. The molecule has 0 N–H and O–H groups in total. The summed E-state index contributed by atoms with van der Waals surface area (Å²) in [5.74, 6) is 0.0841. The van der Waals surface area contributed by atoms with Crippen molar-refractivity contribution < 1.29 is 9.53 Å². The average molecular weight is 400 g/mol. The first kappa shape index (κ1) is 16.7. The molecule has 3 rings (SSSR count). The van der Waals surface area contributed by atoms with Crippen LogP contribution in [0, 0.1) is 0 Å². The Morgan fingerprint density at radius 3 is 2.29 bits per heavy atom. The van der Waals surface area contributed by atoms with Crippen molar-refractivity contribution in [2.75, 3.05) is 0 Å². The van der Waals surface area contributed by atoms with E-state index in [2.05, 4.69) is 20.9 Å². The fourth-order valence-electron chi connectivity index (χ4n) is 2.12. The minimum Gasteiger partial charge on any atom is -0.423 e. The molecule has 1 heterocycles. The van der Waals surface area contributed by atoms with E-state index in [1.54, 1.807) is 18.3 Å². The van der Waals surface area contributed by atoms with Crippen LogP contribution in [0.4, 0.5) is 0 Å². The number of pyridine rings is 1. The van der Waals surface area contributed by atoms with E-state index in [4.69, 9.17) is 4.74 Å². The number of carbonyl (C=O) groups is 1. The van der Waals surface area contributed by atoms with E-state index in [0.29, 0.717) is 10.4 Å². The number of benzene rings is 2. The summed E-state index contributed by atoms with van der Waals surface area (Å²) < 4.78 is 6.07. The molecule has 3 aromatic rings. The van der Waals surface area contributed by atoms with Crippen molar-refractivity contribution >= 4 is 33.7 Å². The second-order valence-corrected chi connectivity index (χ2v) is 6.86. The second-order valence-electron chi connectivity index (χ2n) is 4.94. The summed E-state index contributed by atoms with van der Waals surface area (Å²) in [5.41, 5.74) is 0.899. The van der Waals surface area contributed by atoms with Crippen LogP contribution >= 0.6 is 27.7 Å². The monoisotopic (exact) mass is 399 g/mol. The normalized spacial score (nSPS) is 11.7. The molecule has 0 aliphatic rings. The summed E-state index contributed by atoms with van der Waals surface area (Å²) in [7, 11) is 0. The molecule has 3 nitrogen and oxygen atoms in total. The van der Waals surface area contributed by atoms with E-state index >= 15 is 0 Å². The third kappa shape index (κ3) is 4.24. The summed E-state index contributed by atoms with van der Waals surface area (Å²) in [6.07, 6.45) is 1.63. The lowest BCUT2D eigenvalue weighted by Crippen LogP contribution is -2.16. The SMILES string of the molecule is O=C(Oc1cccnc1Br)C(Sc1ccccc1)c1ccccc1. The molecule has 0 spiro atoms. The van der Waals surface area contributed by atoms with E-state index in [-0.39, 0.29) is 5.97 Å². The molecule has 24 heavy (non-hydrogen) atoms. The number of thioether (sulfide) groups is 1. The van der Waals surface area contributed by atoms with Gasteiger partial charge in [-0.2, -0.15) is 0 Å². The van der Waals surface area contributed by atoms with E-state index in [1.165, 1.54) is 11.8 Å². The Kier molecular flexibility index (Phi) is 5.67. The number of rotatable bonds is 5. The fraction of sp³-hybridized carbons (Fsp3) is 0.0526. The van der Waals surface area contributed by atoms with Gasteiger partial charge in [0.2, 0.25) is 0 Å². The van der Waals surface area contributed by atoms with Gasteiger partial charge in [-0.3, -0.25) is 4.79 Å². The number of aromatic nitrogens is 1. The molecule has 0 fully saturated rings. The second kappa shape index (κ2) is 8.13. The van der Waals surface area contributed by atoms with Gasteiger partial charge in [0.05, 0.1) is 0 Å². The summed E-state index contributed by atoms with van der Waals surface area (Å²) in [6, 6.07) is 22.9. The van der Waals surface area contributed by atoms with Crippen LogP contribution in [-0.2, 0) is 4.79 Å². The lowest BCUT2D eigenvalue weighted by molar-refractivity contribution is -0.133. The molecule has 2 aromatic carbocycles. The third-order valence-corrected chi connectivity index (χ3v) is 5.09. The first-order valence-corrected chi connectivity index (χ1v) is 9.00. The molecule has 1 aromatic heterocycles. The largest absolute Gasteiger partial charge is 0.423 e. The van der Waals surface area contributed by atoms with Gasteiger partial charge in [-0.15, -0.1) is 11.8 Å². The van der Waals surface area contributed by atoms with Gasteiger partial charge in [0.15, 0.2) is 5.75 Å². The lowest BCUT2D eigenvalue weighted by Gasteiger charge is -2.16. The van der Waals surface area contributed by atoms with Gasteiger partial charge in [0.25, 0.3) is 0 Å². The van der Waals surface area contributed by atoms with E-state index in [9.17, 15) is 4.79 Å². The predicted molar refractivity (Wildman–Crippen MR) is 99.1 cm³/mol. The van der Waals surface area contributed by atoms with E-state index in [1.807, 2.05) is 60.7 Å². The Balaban J connectivity index is 1.87. The smallest absolute Gasteiger partial charge is 0.329 e. The van der Waals surface area contributed by atoms with Crippen LogP contribution in [-0.4, -0.2) is 11.0 Å². The van der Waals surface area contributed by atoms with Crippen LogP contribution < -0.4 is 4.74 Å². The number of halogens is 1. The van der Waals surface area contributed by atoms with Gasteiger partial charge in [0, 0.05) is 11.1 Å². The van der Waals surface area contributed by atoms with Crippen LogP contribution in [0.2, 0.25) is 0 Å². The van der Waals surface area contributed by atoms with Crippen molar-refractivity contribution in [2.45, 2.75) is 10.1 Å². The van der Waals surface area contributed by atoms with Crippen LogP contribution in [0.1, 0.15) is 10.8 Å². The third-order valence-electron chi connectivity index (χ3n) is 3.25. The van der Waals surface area contributed by atoms with Gasteiger partial charge < -0.3 is 4.74 Å². The predicted octanol–water partition coefficient (Wildman–Crippen LogP) is 5.28. The molecule has 0 radical (unpaired) electrons. The Hall–Kier alpha value is -2.11. The molecule has 0 saturated carbocycles. The standard InChI is InChI=1S/C19H14BrNO2S/c20-18-16(12-7-13-21-18)23-19(22)17(14-8-3-1-4-9-14)24-15-10-5-2-6-11-15/h1-13,17H. The van der Waals surface area contributed by atoms with Crippen LogP contribution in [0.3, 0.4) is 0 Å². The maximum absolute atomic E-state index is 12.8. The van der Waals surface area contributed by atoms with E-state index in [0.717, 1.165) is 10.5 Å². The summed E-state index contributed by atoms with van der Waals surface area (Å²) in [4.78, 5) is 17.9. The highest BCUT2D eigenvalue weighted by Crippen LogP contribution is 2.37. The number of carbonyl (C=O) groups excluding carboxylic acids is 1. The first-order chi connectivity index (χ1) is 11.7. The topological polar surface area (TPSA) is 39.2 Å². The molecule has 0 saturated heterocycles. The Morgan fingerprint density at radius 2 is 1.62 bits per heavy atom. The lowest BCUT2D eigenvalue weighted by atomic mass is 10.1. The zero-order valence-corrected chi connectivity index (χ0v) is 15.0. The number of hydrogen-bond acceptors (Lipinski definition) is 4. The number of ether oxygens (including phenoxy) is 1. The molecule has 0 aliphatic carbocycles. The van der Waals surface area contributed by atoms with Gasteiger partial charge in [0.1, 0.15) is 9.85 Å². The number of nitrogens with zero attached hydrogens (tertiary/aromatic N) is 1. The summed E-state index contributed by atoms with van der Waals surface area (Å²) >= 11 is 4.77. The fourth-order valence-corrected chi connectivity index (χ4v) is 3.48. The maximum atomic E-state index is 12.8. The van der Waals surface area contributed by atoms with Crippen molar-refractivity contribution in [1.29, 1.82) is 0 Å². The summed E-state index contributed by atoms with van der Waals surface area (Å²) in [6.45, 7) is 0. The van der Waals surface area contributed by atoms with Crippen LogP contribution in [0.25, 0.3) is 0 Å². The Labute approximate surface area is 153 Å². The molecular weight excluding hydrogens is 386 g/mol. The zero-order chi connectivity index (χ0) is 16.8. The van der Waals surface area contributed by atoms with Gasteiger partial charge in [-0.1, -0.05) is 48.5 Å². The van der Waals surface area contributed by atoms with Crippen molar-refractivity contribution in [3.05, 3.63) is 89.2 Å². The minimum absolute atomic E-state index is 0.330. The van der Waals surface area contributed by atoms with Crippen LogP contribution in [0.5, 0.6) is 5.75 Å². The zero-order valence-electron chi connectivity index (χ0n) is 12.6. The highest BCUT2D eigenvalue weighted by Gasteiger charge is 2.24. The number of esters is 1. The average Bonchev–Trinajstić information content (AvgIpc) is 2.63. The van der Waals surface area contributed by atoms with Gasteiger partial charge in [-0.25, -0.2) is 4.98 Å². The molecule has 0 amide bonds. The van der Waals surface area contributed by atoms with Gasteiger partial charge >= 0.3 is 5.97 Å². The number of hydrogen-bond donors (Lipinski definition) is 0. The Bertz CT molecular complexity index is 812. The maximum Gasteiger partial charge on any atom is 0.329 e. The molecule has 1 atom stereocenters. The minimum atomic E-state index is -0.458. The first-order valence-electron chi connectivity index (χ1n) is 7.33. The Morgan fingerprint density at radius 1 is 0.958 bits per heavy atom. The van der Waals surface area contributed by atoms with Gasteiger partial charge in [-0.05, 0) is 45.8 Å². The van der Waals surface area contributed by atoms with Crippen molar-refractivity contribution in [3.63, 3.8) is 0 Å². The quantitative estimate of drug-likeness (QED) is 0.332.